The van der Waals surface area contributed by atoms with Gasteiger partial charge in [0.05, 0.1) is 25.6 Å². The SMILES string of the molecule is COc1ccc(-c2n[nH]c(CC(C)C)c2NC(=O)C2CCC2)cc1OC. The number of carbonyl (C=O) groups is 1. The summed E-state index contributed by atoms with van der Waals surface area (Å²) in [5.41, 5.74) is 3.34. The van der Waals surface area contributed by atoms with Gasteiger partial charge in [-0.2, -0.15) is 5.10 Å². The van der Waals surface area contributed by atoms with E-state index in [2.05, 4.69) is 29.4 Å². The van der Waals surface area contributed by atoms with Crippen LogP contribution in [0.4, 0.5) is 5.69 Å². The number of ether oxygens (including phenoxy) is 2. The predicted molar refractivity (Wildman–Crippen MR) is 102 cm³/mol. The standard InChI is InChI=1S/C20H27N3O3/c1-12(2)10-15-19(21-20(24)13-6-5-7-13)18(23-22-15)14-8-9-16(25-3)17(11-14)26-4/h8-9,11-13H,5-7,10H2,1-4H3,(H,21,24)(H,22,23). The van der Waals surface area contributed by atoms with Crippen LogP contribution in [0.1, 0.15) is 38.8 Å². The molecule has 1 aromatic carbocycles. The van der Waals surface area contributed by atoms with E-state index in [9.17, 15) is 4.79 Å². The highest BCUT2D eigenvalue weighted by molar-refractivity contribution is 5.97. The monoisotopic (exact) mass is 357 g/mol. The molecule has 0 saturated heterocycles. The van der Waals surface area contributed by atoms with Crippen LogP contribution in [-0.2, 0) is 11.2 Å². The molecule has 1 aliphatic carbocycles. The minimum Gasteiger partial charge on any atom is -0.493 e. The second-order valence-electron chi connectivity index (χ2n) is 7.21. The minimum atomic E-state index is 0.0874. The number of aromatic nitrogens is 2. The first-order valence-corrected chi connectivity index (χ1v) is 9.14. The van der Waals surface area contributed by atoms with Crippen molar-refractivity contribution in [3.05, 3.63) is 23.9 Å². The van der Waals surface area contributed by atoms with Crippen molar-refractivity contribution in [3.63, 3.8) is 0 Å². The van der Waals surface area contributed by atoms with Crippen LogP contribution in [0.3, 0.4) is 0 Å². The molecule has 1 aromatic heterocycles. The van der Waals surface area contributed by atoms with Crippen molar-refractivity contribution in [2.75, 3.05) is 19.5 Å². The molecule has 1 heterocycles. The molecule has 0 unspecified atom stereocenters. The Morgan fingerprint density at radius 1 is 1.27 bits per heavy atom. The van der Waals surface area contributed by atoms with Gasteiger partial charge in [0.25, 0.3) is 0 Å². The Morgan fingerprint density at radius 3 is 2.58 bits per heavy atom. The van der Waals surface area contributed by atoms with Crippen LogP contribution in [0.15, 0.2) is 18.2 Å². The van der Waals surface area contributed by atoms with E-state index in [1.807, 2.05) is 18.2 Å². The van der Waals surface area contributed by atoms with Gasteiger partial charge < -0.3 is 14.8 Å². The smallest absolute Gasteiger partial charge is 0.227 e. The lowest BCUT2D eigenvalue weighted by molar-refractivity contribution is -0.122. The number of hydrogen-bond acceptors (Lipinski definition) is 4. The minimum absolute atomic E-state index is 0.0874. The van der Waals surface area contributed by atoms with Crippen LogP contribution in [0.2, 0.25) is 0 Å². The van der Waals surface area contributed by atoms with Gasteiger partial charge in [-0.15, -0.1) is 0 Å². The lowest BCUT2D eigenvalue weighted by Gasteiger charge is -2.24. The number of nitrogens with one attached hydrogen (secondary N) is 2. The van der Waals surface area contributed by atoms with E-state index in [1.54, 1.807) is 14.2 Å². The molecule has 0 radical (unpaired) electrons. The van der Waals surface area contributed by atoms with E-state index in [0.717, 1.165) is 48.3 Å². The number of nitrogens with zero attached hydrogens (tertiary/aromatic N) is 1. The molecule has 1 saturated carbocycles. The lowest BCUT2D eigenvalue weighted by Crippen LogP contribution is -2.28. The quantitative estimate of drug-likeness (QED) is 0.784. The summed E-state index contributed by atoms with van der Waals surface area (Å²) < 4.78 is 10.7. The van der Waals surface area contributed by atoms with E-state index < -0.39 is 0 Å². The summed E-state index contributed by atoms with van der Waals surface area (Å²) in [6.45, 7) is 4.29. The first-order valence-electron chi connectivity index (χ1n) is 9.14. The summed E-state index contributed by atoms with van der Waals surface area (Å²) in [6.07, 6.45) is 3.88. The third-order valence-electron chi connectivity index (χ3n) is 4.83. The summed E-state index contributed by atoms with van der Waals surface area (Å²) >= 11 is 0. The lowest BCUT2D eigenvalue weighted by atomic mass is 9.84. The number of benzene rings is 1. The third-order valence-corrected chi connectivity index (χ3v) is 4.83. The summed E-state index contributed by atoms with van der Waals surface area (Å²) in [4.78, 5) is 12.5. The second kappa shape index (κ2) is 7.81. The molecule has 0 aliphatic heterocycles. The van der Waals surface area contributed by atoms with E-state index in [4.69, 9.17) is 9.47 Å². The molecule has 0 bridgehead atoms. The van der Waals surface area contributed by atoms with Gasteiger partial charge in [0.2, 0.25) is 5.91 Å². The maximum absolute atomic E-state index is 12.5. The van der Waals surface area contributed by atoms with Crippen molar-refractivity contribution in [3.8, 4) is 22.8 Å². The molecule has 1 fully saturated rings. The molecule has 1 aliphatic rings. The van der Waals surface area contributed by atoms with Crippen LogP contribution in [-0.4, -0.2) is 30.3 Å². The average Bonchev–Trinajstić information content (AvgIpc) is 2.94. The van der Waals surface area contributed by atoms with E-state index >= 15 is 0 Å². The molecule has 6 nitrogen and oxygen atoms in total. The Hall–Kier alpha value is -2.50. The van der Waals surface area contributed by atoms with Crippen LogP contribution >= 0.6 is 0 Å². The van der Waals surface area contributed by atoms with E-state index in [0.29, 0.717) is 17.4 Å². The number of aromatic amines is 1. The number of carbonyl (C=O) groups excluding carboxylic acids is 1. The highest BCUT2D eigenvalue weighted by Crippen LogP contribution is 2.37. The topological polar surface area (TPSA) is 76.2 Å². The number of hydrogen-bond donors (Lipinski definition) is 2. The molecular weight excluding hydrogens is 330 g/mol. The fourth-order valence-corrected chi connectivity index (χ4v) is 3.16. The Bertz CT molecular complexity index is 779. The van der Waals surface area contributed by atoms with Gasteiger partial charge in [-0.3, -0.25) is 9.89 Å². The molecule has 2 N–H and O–H groups in total. The predicted octanol–water partition coefficient (Wildman–Crippen LogP) is 4.03. The van der Waals surface area contributed by atoms with Gasteiger partial charge in [-0.05, 0) is 43.4 Å². The normalized spacial score (nSPS) is 14.2. The van der Waals surface area contributed by atoms with Gasteiger partial charge in [0.1, 0.15) is 5.69 Å². The van der Waals surface area contributed by atoms with Crippen molar-refractivity contribution < 1.29 is 14.3 Å². The molecule has 140 valence electrons. The fraction of sp³-hybridized carbons (Fsp3) is 0.500. The molecule has 6 heteroatoms. The second-order valence-corrected chi connectivity index (χ2v) is 7.21. The number of rotatable bonds is 7. The molecule has 0 spiro atoms. The molecule has 2 aromatic rings. The Labute approximate surface area is 154 Å². The van der Waals surface area contributed by atoms with E-state index in [-0.39, 0.29) is 11.8 Å². The molecule has 26 heavy (non-hydrogen) atoms. The van der Waals surface area contributed by atoms with Crippen LogP contribution < -0.4 is 14.8 Å². The van der Waals surface area contributed by atoms with Gasteiger partial charge in [0.15, 0.2) is 11.5 Å². The molecule has 1 amide bonds. The summed E-state index contributed by atoms with van der Waals surface area (Å²) in [6, 6.07) is 5.66. The van der Waals surface area contributed by atoms with E-state index in [1.165, 1.54) is 0 Å². The molecular formula is C20H27N3O3. The number of methoxy groups -OCH3 is 2. The summed E-state index contributed by atoms with van der Waals surface area (Å²) in [5, 5.41) is 10.7. The Balaban J connectivity index is 1.97. The zero-order valence-electron chi connectivity index (χ0n) is 15.9. The van der Waals surface area contributed by atoms with Crippen LogP contribution in [0, 0.1) is 11.8 Å². The van der Waals surface area contributed by atoms with Crippen LogP contribution in [0.5, 0.6) is 11.5 Å². The maximum atomic E-state index is 12.5. The van der Waals surface area contributed by atoms with Gasteiger partial charge in [-0.1, -0.05) is 20.3 Å². The highest BCUT2D eigenvalue weighted by atomic mass is 16.5. The number of H-pyrrole nitrogens is 1. The van der Waals surface area contributed by atoms with Gasteiger partial charge in [0, 0.05) is 11.5 Å². The summed E-state index contributed by atoms with van der Waals surface area (Å²) in [5.74, 6) is 1.96. The Morgan fingerprint density at radius 2 is 2.00 bits per heavy atom. The fourth-order valence-electron chi connectivity index (χ4n) is 3.16. The average molecular weight is 357 g/mol. The largest absolute Gasteiger partial charge is 0.493 e. The Kier molecular flexibility index (Phi) is 5.49. The van der Waals surface area contributed by atoms with Crippen molar-refractivity contribution >= 4 is 11.6 Å². The first-order chi connectivity index (χ1) is 12.5. The number of anilines is 1. The van der Waals surface area contributed by atoms with Crippen LogP contribution in [0.25, 0.3) is 11.3 Å². The van der Waals surface area contributed by atoms with Crippen molar-refractivity contribution in [2.45, 2.75) is 39.5 Å². The summed E-state index contributed by atoms with van der Waals surface area (Å²) in [7, 11) is 3.22. The van der Waals surface area contributed by atoms with Crippen molar-refractivity contribution in [2.24, 2.45) is 11.8 Å². The third kappa shape index (κ3) is 3.69. The van der Waals surface area contributed by atoms with Crippen molar-refractivity contribution in [1.29, 1.82) is 0 Å². The van der Waals surface area contributed by atoms with Gasteiger partial charge >= 0.3 is 0 Å². The van der Waals surface area contributed by atoms with Gasteiger partial charge in [-0.25, -0.2) is 0 Å². The molecule has 3 rings (SSSR count). The van der Waals surface area contributed by atoms with Crippen molar-refractivity contribution in [1.82, 2.24) is 10.2 Å². The highest BCUT2D eigenvalue weighted by Gasteiger charge is 2.27. The number of amides is 1. The molecule has 0 atom stereocenters. The first kappa shape index (κ1) is 18.3. The zero-order valence-corrected chi connectivity index (χ0v) is 15.9. The maximum Gasteiger partial charge on any atom is 0.227 e. The zero-order chi connectivity index (χ0) is 18.7.